The van der Waals surface area contributed by atoms with Crippen molar-refractivity contribution in [2.75, 3.05) is 5.32 Å². The number of amides is 1. The van der Waals surface area contributed by atoms with Gasteiger partial charge in [-0.1, -0.05) is 0 Å². The highest BCUT2D eigenvalue weighted by atomic mass is 19.1. The minimum absolute atomic E-state index is 0.207. The zero-order valence-electron chi connectivity index (χ0n) is 20.1. The molecule has 0 unspecified atom stereocenters. The number of hydrogen-bond donors (Lipinski definition) is 3. The normalized spacial score (nSPS) is 12.6. The van der Waals surface area contributed by atoms with E-state index in [1.54, 1.807) is 19.1 Å². The van der Waals surface area contributed by atoms with Crippen molar-refractivity contribution in [3.63, 3.8) is 0 Å². The molecule has 2 rings (SSSR count). The van der Waals surface area contributed by atoms with Gasteiger partial charge in [-0.05, 0) is 113 Å². The Morgan fingerprint density at radius 3 is 2.03 bits per heavy atom. The van der Waals surface area contributed by atoms with Crippen molar-refractivity contribution in [1.82, 2.24) is 5.32 Å². The molecule has 1 atom stereocenters. The average molecular weight is 441 g/mol. The first-order valence-corrected chi connectivity index (χ1v) is 10.7. The summed E-state index contributed by atoms with van der Waals surface area (Å²) in [6.45, 7) is 14.9. The van der Waals surface area contributed by atoms with E-state index in [-0.39, 0.29) is 11.9 Å². The average Bonchev–Trinajstić information content (AvgIpc) is 2.70. The summed E-state index contributed by atoms with van der Waals surface area (Å²) >= 11 is 0. The Hall–Kier alpha value is -3.15. The van der Waals surface area contributed by atoms with Crippen LogP contribution in [0.4, 0.5) is 10.1 Å². The molecule has 0 heterocycles. The molecule has 0 aliphatic carbocycles. The summed E-state index contributed by atoms with van der Waals surface area (Å²) in [4.78, 5) is 23.4. The van der Waals surface area contributed by atoms with E-state index in [9.17, 15) is 9.59 Å². The number of carbonyl (C=O) groups excluding carboxylic acids is 1. The van der Waals surface area contributed by atoms with Crippen LogP contribution in [0.2, 0.25) is 0 Å². The van der Waals surface area contributed by atoms with Gasteiger partial charge >= 0.3 is 5.97 Å². The summed E-state index contributed by atoms with van der Waals surface area (Å²) in [6.07, 6.45) is 1.77. The van der Waals surface area contributed by atoms with Crippen LogP contribution < -0.4 is 10.6 Å². The summed E-state index contributed by atoms with van der Waals surface area (Å²) in [7, 11) is 0. The van der Waals surface area contributed by atoms with Crippen molar-refractivity contribution in [2.45, 2.75) is 67.5 Å². The Bertz CT molecular complexity index is 1060. The monoisotopic (exact) mass is 440 g/mol. The van der Waals surface area contributed by atoms with Gasteiger partial charge in [0.1, 0.15) is 11.9 Å². The fraction of sp³-hybridized carbons (Fsp3) is 0.385. The minimum Gasteiger partial charge on any atom is -0.480 e. The lowest BCUT2D eigenvalue weighted by molar-refractivity contribution is -0.140. The summed E-state index contributed by atoms with van der Waals surface area (Å²) in [5.74, 6) is -1.81. The SMILES string of the molecule is C/C(=C\c1c(C)c(C)c(-c2ccc(NC(C)C)cc2F)c(C)c1C)C(=O)N[C@H](C)C(=O)O. The van der Waals surface area contributed by atoms with Gasteiger partial charge in [-0.2, -0.15) is 0 Å². The fourth-order valence-corrected chi connectivity index (χ4v) is 3.76. The molecule has 3 N–H and O–H groups in total. The van der Waals surface area contributed by atoms with E-state index >= 15 is 4.39 Å². The van der Waals surface area contributed by atoms with Crippen LogP contribution in [0, 0.1) is 33.5 Å². The van der Waals surface area contributed by atoms with Gasteiger partial charge in [-0.15, -0.1) is 0 Å². The molecule has 0 spiro atoms. The first-order valence-electron chi connectivity index (χ1n) is 10.7. The van der Waals surface area contributed by atoms with Crippen LogP contribution in [-0.2, 0) is 9.59 Å². The zero-order valence-corrected chi connectivity index (χ0v) is 20.1. The van der Waals surface area contributed by atoms with Crippen LogP contribution in [0.25, 0.3) is 17.2 Å². The molecule has 0 bridgehead atoms. The Labute approximate surface area is 189 Å². The number of aliphatic carboxylic acids is 1. The highest BCUT2D eigenvalue weighted by molar-refractivity contribution is 5.99. The summed E-state index contributed by atoms with van der Waals surface area (Å²) in [5.41, 5.74) is 7.21. The quantitative estimate of drug-likeness (QED) is 0.494. The molecule has 0 aliphatic rings. The lowest BCUT2D eigenvalue weighted by atomic mass is 9.85. The predicted octanol–water partition coefficient (Wildman–Crippen LogP) is 5.54. The van der Waals surface area contributed by atoms with Crippen molar-refractivity contribution in [3.8, 4) is 11.1 Å². The highest BCUT2D eigenvalue weighted by Gasteiger charge is 2.20. The molecule has 0 aromatic heterocycles. The third-order valence-electron chi connectivity index (χ3n) is 5.81. The number of carbonyl (C=O) groups is 2. The van der Waals surface area contributed by atoms with Gasteiger partial charge in [0.25, 0.3) is 0 Å². The number of halogens is 1. The van der Waals surface area contributed by atoms with E-state index in [0.29, 0.717) is 11.1 Å². The Morgan fingerprint density at radius 2 is 1.56 bits per heavy atom. The van der Waals surface area contributed by atoms with E-state index in [0.717, 1.165) is 39.1 Å². The van der Waals surface area contributed by atoms with Gasteiger partial charge in [0.2, 0.25) is 5.91 Å². The molecule has 2 aromatic rings. The Kier molecular flexibility index (Phi) is 7.83. The van der Waals surface area contributed by atoms with Crippen molar-refractivity contribution in [3.05, 3.63) is 57.4 Å². The van der Waals surface area contributed by atoms with Gasteiger partial charge in [0.05, 0.1) is 0 Å². The van der Waals surface area contributed by atoms with Gasteiger partial charge in [0.15, 0.2) is 0 Å². The molecular formula is C26H33FN2O3. The van der Waals surface area contributed by atoms with Crippen LogP contribution in [0.5, 0.6) is 0 Å². The second-order valence-electron chi connectivity index (χ2n) is 8.64. The highest BCUT2D eigenvalue weighted by Crippen LogP contribution is 2.37. The van der Waals surface area contributed by atoms with Gasteiger partial charge < -0.3 is 15.7 Å². The number of rotatable bonds is 7. The molecule has 0 saturated heterocycles. The Balaban J connectivity index is 2.53. The predicted molar refractivity (Wildman–Crippen MR) is 128 cm³/mol. The van der Waals surface area contributed by atoms with Crippen LogP contribution in [0.1, 0.15) is 55.5 Å². The van der Waals surface area contributed by atoms with Crippen LogP contribution >= 0.6 is 0 Å². The number of benzene rings is 2. The van der Waals surface area contributed by atoms with Crippen LogP contribution in [-0.4, -0.2) is 29.1 Å². The molecule has 0 radical (unpaired) electrons. The third-order valence-corrected chi connectivity index (χ3v) is 5.81. The second-order valence-corrected chi connectivity index (χ2v) is 8.64. The number of carboxylic acids is 1. The second kappa shape index (κ2) is 9.98. The van der Waals surface area contributed by atoms with Crippen molar-refractivity contribution in [2.24, 2.45) is 0 Å². The van der Waals surface area contributed by atoms with E-state index in [1.165, 1.54) is 13.0 Å². The van der Waals surface area contributed by atoms with E-state index in [4.69, 9.17) is 5.11 Å². The maximum atomic E-state index is 15.1. The van der Waals surface area contributed by atoms with E-state index in [1.807, 2.05) is 47.6 Å². The standard InChI is InChI=1S/C26H33FN2O3/c1-13(2)28-20-9-10-21(23(27)12-20)24-17(6)15(4)22(16(5)18(24)7)11-14(3)25(30)29-19(8)26(31)32/h9-13,19,28H,1-8H3,(H,29,30)(H,31,32)/b14-11+/t19-/m1/s1. The van der Waals surface area contributed by atoms with Crippen LogP contribution in [0.15, 0.2) is 23.8 Å². The van der Waals surface area contributed by atoms with Crippen molar-refractivity contribution >= 4 is 23.6 Å². The molecular weight excluding hydrogens is 407 g/mol. The number of carboxylic acid groups (broad SMARTS) is 1. The smallest absolute Gasteiger partial charge is 0.325 e. The lowest BCUT2D eigenvalue weighted by Crippen LogP contribution is -2.38. The third kappa shape index (κ3) is 5.36. The molecule has 1 amide bonds. The molecule has 2 aromatic carbocycles. The topological polar surface area (TPSA) is 78.4 Å². The Morgan fingerprint density at radius 1 is 1.00 bits per heavy atom. The maximum Gasteiger partial charge on any atom is 0.325 e. The minimum atomic E-state index is -1.09. The molecule has 172 valence electrons. The molecule has 0 fully saturated rings. The molecule has 0 aliphatic heterocycles. The van der Waals surface area contributed by atoms with Crippen LogP contribution in [0.3, 0.4) is 0 Å². The fourth-order valence-electron chi connectivity index (χ4n) is 3.76. The largest absolute Gasteiger partial charge is 0.480 e. The zero-order chi connectivity index (χ0) is 24.3. The summed E-state index contributed by atoms with van der Waals surface area (Å²) in [5, 5.41) is 14.7. The first kappa shape index (κ1) is 25.1. The molecule has 6 heteroatoms. The first-order chi connectivity index (χ1) is 14.8. The molecule has 32 heavy (non-hydrogen) atoms. The summed E-state index contributed by atoms with van der Waals surface area (Å²) in [6, 6.07) is 4.43. The van der Waals surface area contributed by atoms with E-state index < -0.39 is 17.9 Å². The van der Waals surface area contributed by atoms with Crippen molar-refractivity contribution < 1.29 is 19.1 Å². The molecule has 5 nitrogen and oxygen atoms in total. The molecule has 0 saturated carbocycles. The van der Waals surface area contributed by atoms with Gasteiger partial charge in [-0.25, -0.2) is 4.39 Å². The van der Waals surface area contributed by atoms with Gasteiger partial charge in [-0.3, -0.25) is 9.59 Å². The van der Waals surface area contributed by atoms with Gasteiger partial charge in [0, 0.05) is 22.9 Å². The number of nitrogens with one attached hydrogen (secondary N) is 2. The number of hydrogen-bond acceptors (Lipinski definition) is 3. The summed E-state index contributed by atoms with van der Waals surface area (Å²) < 4.78 is 15.1. The maximum absolute atomic E-state index is 15.1. The van der Waals surface area contributed by atoms with E-state index in [2.05, 4.69) is 10.6 Å². The number of anilines is 1. The lowest BCUT2D eigenvalue weighted by Gasteiger charge is -2.21. The van der Waals surface area contributed by atoms with Crippen molar-refractivity contribution in [1.29, 1.82) is 0 Å².